The van der Waals surface area contributed by atoms with Gasteiger partial charge in [0.05, 0.1) is 5.69 Å². The molecule has 0 saturated heterocycles. The van der Waals surface area contributed by atoms with Crippen LogP contribution in [0.25, 0.3) is 5.69 Å². The van der Waals surface area contributed by atoms with Crippen LogP contribution in [0.5, 0.6) is 0 Å². The molecule has 1 atom stereocenters. The van der Waals surface area contributed by atoms with E-state index in [0.717, 1.165) is 24.2 Å². The number of aryl methyl sites for hydroxylation is 1. The van der Waals surface area contributed by atoms with E-state index in [1.165, 1.54) is 6.33 Å². The van der Waals surface area contributed by atoms with E-state index in [1.807, 2.05) is 13.0 Å². The molecule has 0 spiro atoms. The maximum Gasteiger partial charge on any atom is 0.138 e. The second-order valence-electron chi connectivity index (χ2n) is 4.68. The first-order valence-electron chi connectivity index (χ1n) is 6.52. The van der Waals surface area contributed by atoms with Gasteiger partial charge in [0, 0.05) is 6.04 Å². The van der Waals surface area contributed by atoms with Crippen LogP contribution in [0, 0.1) is 12.7 Å². The van der Waals surface area contributed by atoms with Gasteiger partial charge < -0.3 is 5.32 Å². The van der Waals surface area contributed by atoms with Crippen LogP contribution in [0.2, 0.25) is 0 Å². The minimum atomic E-state index is -0.191. The highest BCUT2D eigenvalue weighted by atomic mass is 19.1. The predicted molar refractivity (Wildman–Crippen MR) is 72.8 cm³/mol. The first kappa shape index (κ1) is 13.7. The van der Waals surface area contributed by atoms with Crippen LogP contribution >= 0.6 is 0 Å². The van der Waals surface area contributed by atoms with Gasteiger partial charge in [0.1, 0.15) is 18.5 Å². The molecule has 4 nitrogen and oxygen atoms in total. The first-order chi connectivity index (χ1) is 9.13. The zero-order chi connectivity index (χ0) is 13.8. The van der Waals surface area contributed by atoms with Gasteiger partial charge in [-0.1, -0.05) is 6.92 Å². The van der Waals surface area contributed by atoms with Crippen LogP contribution in [0.1, 0.15) is 37.4 Å². The summed E-state index contributed by atoms with van der Waals surface area (Å²) >= 11 is 0. The average Bonchev–Trinajstić information content (AvgIpc) is 2.92. The molecule has 102 valence electrons. The summed E-state index contributed by atoms with van der Waals surface area (Å²) in [4.78, 5) is 3.95. The third-order valence-corrected chi connectivity index (χ3v) is 3.14. The van der Waals surface area contributed by atoms with Gasteiger partial charge >= 0.3 is 0 Å². The van der Waals surface area contributed by atoms with Crippen molar-refractivity contribution in [2.45, 2.75) is 33.2 Å². The summed E-state index contributed by atoms with van der Waals surface area (Å²) < 4.78 is 15.5. The Morgan fingerprint density at radius 2 is 2.21 bits per heavy atom. The van der Waals surface area contributed by atoms with E-state index < -0.39 is 0 Å². The number of hydrogen-bond donors (Lipinski definition) is 1. The number of halogens is 1. The molecule has 0 saturated carbocycles. The third-order valence-electron chi connectivity index (χ3n) is 3.14. The van der Waals surface area contributed by atoms with E-state index in [2.05, 4.69) is 22.3 Å². The smallest absolute Gasteiger partial charge is 0.138 e. The molecule has 1 N–H and O–H groups in total. The molecule has 0 aliphatic carbocycles. The minimum absolute atomic E-state index is 0.0641. The molecule has 19 heavy (non-hydrogen) atoms. The Bertz CT molecular complexity index is 537. The molecule has 2 rings (SSSR count). The van der Waals surface area contributed by atoms with Crippen LogP contribution in [-0.4, -0.2) is 21.3 Å². The van der Waals surface area contributed by atoms with Crippen molar-refractivity contribution in [1.29, 1.82) is 0 Å². The topological polar surface area (TPSA) is 42.7 Å². The molecule has 2 aromatic rings. The fraction of sp³-hybridized carbons (Fsp3) is 0.429. The van der Waals surface area contributed by atoms with Crippen molar-refractivity contribution in [2.24, 2.45) is 0 Å². The Morgan fingerprint density at radius 1 is 1.42 bits per heavy atom. The molecule has 0 aliphatic rings. The summed E-state index contributed by atoms with van der Waals surface area (Å²) in [5.41, 5.74) is 2.37. The normalized spacial score (nSPS) is 12.6. The molecule has 0 bridgehead atoms. The molecule has 0 aliphatic heterocycles. The van der Waals surface area contributed by atoms with Gasteiger partial charge in [0.2, 0.25) is 0 Å². The lowest BCUT2D eigenvalue weighted by Gasteiger charge is -2.18. The standard InChI is InChI=1S/C14H19FN4/c1-4-5-17-11(3)12-7-13(15)10(2)6-14(12)19-9-16-8-18-19/h6-9,11,17H,4-5H2,1-3H3. The van der Waals surface area contributed by atoms with Crippen LogP contribution in [0.4, 0.5) is 4.39 Å². The molecule has 1 aromatic heterocycles. The molecule has 1 heterocycles. The fourth-order valence-electron chi connectivity index (χ4n) is 2.03. The summed E-state index contributed by atoms with van der Waals surface area (Å²) in [5.74, 6) is -0.191. The van der Waals surface area contributed by atoms with Crippen molar-refractivity contribution < 1.29 is 4.39 Å². The quantitative estimate of drug-likeness (QED) is 0.901. The number of hydrogen-bond acceptors (Lipinski definition) is 3. The van der Waals surface area contributed by atoms with Gasteiger partial charge in [-0.15, -0.1) is 0 Å². The highest BCUT2D eigenvalue weighted by molar-refractivity contribution is 5.45. The number of rotatable bonds is 5. The molecular formula is C14H19FN4. The molecule has 0 amide bonds. The lowest BCUT2D eigenvalue weighted by molar-refractivity contribution is 0.556. The summed E-state index contributed by atoms with van der Waals surface area (Å²) in [6.07, 6.45) is 4.15. The largest absolute Gasteiger partial charge is 0.310 e. The lowest BCUT2D eigenvalue weighted by Crippen LogP contribution is -2.21. The molecule has 5 heteroatoms. The number of benzene rings is 1. The van der Waals surface area contributed by atoms with Gasteiger partial charge in [-0.3, -0.25) is 0 Å². The van der Waals surface area contributed by atoms with E-state index in [0.29, 0.717) is 5.56 Å². The van der Waals surface area contributed by atoms with E-state index in [1.54, 1.807) is 24.0 Å². The average molecular weight is 262 g/mol. The second kappa shape index (κ2) is 5.93. The third kappa shape index (κ3) is 2.98. The zero-order valence-corrected chi connectivity index (χ0v) is 11.5. The maximum atomic E-state index is 13.8. The summed E-state index contributed by atoms with van der Waals surface area (Å²) in [6, 6.07) is 3.46. The Labute approximate surface area is 112 Å². The van der Waals surface area contributed by atoms with Crippen LogP contribution in [0.3, 0.4) is 0 Å². The highest BCUT2D eigenvalue weighted by Crippen LogP contribution is 2.24. The van der Waals surface area contributed by atoms with Crippen LogP contribution < -0.4 is 5.32 Å². The van der Waals surface area contributed by atoms with E-state index in [4.69, 9.17) is 0 Å². The number of aromatic nitrogens is 3. The van der Waals surface area contributed by atoms with Gasteiger partial charge in [-0.05, 0) is 50.1 Å². The summed E-state index contributed by atoms with van der Waals surface area (Å²) in [7, 11) is 0. The Kier molecular flexibility index (Phi) is 4.27. The van der Waals surface area contributed by atoms with E-state index in [-0.39, 0.29) is 11.9 Å². The van der Waals surface area contributed by atoms with E-state index >= 15 is 0 Å². The van der Waals surface area contributed by atoms with Crippen molar-refractivity contribution in [3.05, 3.63) is 41.7 Å². The molecule has 0 radical (unpaired) electrons. The number of nitrogens with one attached hydrogen (secondary N) is 1. The van der Waals surface area contributed by atoms with Crippen molar-refractivity contribution in [2.75, 3.05) is 6.54 Å². The maximum absolute atomic E-state index is 13.8. The molecule has 1 aromatic carbocycles. The van der Waals surface area contributed by atoms with Crippen LogP contribution in [-0.2, 0) is 0 Å². The predicted octanol–water partition coefficient (Wildman–Crippen LogP) is 2.78. The van der Waals surface area contributed by atoms with Gasteiger partial charge in [0.15, 0.2) is 0 Å². The van der Waals surface area contributed by atoms with Gasteiger partial charge in [0.25, 0.3) is 0 Å². The van der Waals surface area contributed by atoms with Crippen molar-refractivity contribution in [1.82, 2.24) is 20.1 Å². The molecular weight excluding hydrogens is 243 g/mol. The van der Waals surface area contributed by atoms with Crippen molar-refractivity contribution in [3.8, 4) is 5.69 Å². The molecule has 0 fully saturated rings. The van der Waals surface area contributed by atoms with Gasteiger partial charge in [-0.2, -0.15) is 5.10 Å². The number of nitrogens with zero attached hydrogens (tertiary/aromatic N) is 3. The highest BCUT2D eigenvalue weighted by Gasteiger charge is 2.15. The van der Waals surface area contributed by atoms with Crippen LogP contribution in [0.15, 0.2) is 24.8 Å². The lowest BCUT2D eigenvalue weighted by atomic mass is 10.0. The second-order valence-corrected chi connectivity index (χ2v) is 4.68. The van der Waals surface area contributed by atoms with Gasteiger partial charge in [-0.25, -0.2) is 14.1 Å². The Hall–Kier alpha value is -1.75. The summed E-state index contributed by atoms with van der Waals surface area (Å²) in [5, 5.41) is 7.51. The van der Waals surface area contributed by atoms with Crippen molar-refractivity contribution >= 4 is 0 Å². The monoisotopic (exact) mass is 262 g/mol. The Morgan fingerprint density at radius 3 is 2.84 bits per heavy atom. The van der Waals surface area contributed by atoms with Crippen molar-refractivity contribution in [3.63, 3.8) is 0 Å². The minimum Gasteiger partial charge on any atom is -0.310 e. The SMILES string of the molecule is CCCNC(C)c1cc(F)c(C)cc1-n1cncn1. The summed E-state index contributed by atoms with van der Waals surface area (Å²) in [6.45, 7) is 6.78. The fourth-order valence-corrected chi connectivity index (χ4v) is 2.03. The zero-order valence-electron chi connectivity index (χ0n) is 11.5. The molecule has 1 unspecified atom stereocenters. The Balaban J connectivity index is 2.43. The first-order valence-corrected chi connectivity index (χ1v) is 6.52. The van der Waals surface area contributed by atoms with E-state index in [9.17, 15) is 4.39 Å².